The standard InChI is InChI=1S/C31H40O20/c32-10-18-22(40)26(44)28(46,30(48,50-18)24(42)12-6-14(34)20(38)15(35)7-12)4-2-1-3-5-29(47)27(45)23(41)19(11-33)51-31(29,49)25(43)13-8-16(36)21(39)17(37)9-13/h6-9,18-19,22-23,26-27,32-41,44-49H,1-5,10-11H2/t18-,19-,22-,23-,26+,27+,28-,29-,30-,31-/m1/s1. The number of carbonyl (C=O) groups is 2. The van der Waals surface area contributed by atoms with Crippen LogP contribution in [0.3, 0.4) is 0 Å². The molecule has 2 aromatic rings. The number of carbonyl (C=O) groups excluding carboxylic acids is 2. The molecule has 10 atom stereocenters. The maximum absolute atomic E-state index is 13.5. The van der Waals surface area contributed by atoms with Crippen LogP contribution in [0.5, 0.6) is 34.5 Å². The molecule has 20 nitrogen and oxygen atoms in total. The van der Waals surface area contributed by atoms with Crippen LogP contribution in [0.1, 0.15) is 52.8 Å². The predicted molar refractivity (Wildman–Crippen MR) is 162 cm³/mol. The number of phenols is 6. The fourth-order valence-electron chi connectivity index (χ4n) is 6.41. The summed E-state index contributed by atoms with van der Waals surface area (Å²) in [6.07, 6.45) is -15.2. The van der Waals surface area contributed by atoms with Gasteiger partial charge < -0.3 is 91.2 Å². The molecular weight excluding hydrogens is 692 g/mol. The van der Waals surface area contributed by atoms with E-state index >= 15 is 0 Å². The van der Waals surface area contributed by atoms with Gasteiger partial charge in [0.2, 0.25) is 11.6 Å². The molecule has 51 heavy (non-hydrogen) atoms. The molecule has 0 aromatic heterocycles. The number of aromatic hydroxyl groups is 6. The third kappa shape index (κ3) is 6.43. The van der Waals surface area contributed by atoms with Crippen molar-refractivity contribution in [2.24, 2.45) is 0 Å². The highest BCUT2D eigenvalue weighted by molar-refractivity contribution is 6.04. The van der Waals surface area contributed by atoms with Gasteiger partial charge in [0.05, 0.1) is 13.2 Å². The van der Waals surface area contributed by atoms with E-state index in [9.17, 15) is 91.3 Å². The lowest BCUT2D eigenvalue weighted by atomic mass is 9.72. The summed E-state index contributed by atoms with van der Waals surface area (Å²) < 4.78 is 10.4. The number of benzene rings is 2. The van der Waals surface area contributed by atoms with E-state index in [0.29, 0.717) is 24.3 Å². The van der Waals surface area contributed by atoms with Crippen molar-refractivity contribution in [2.75, 3.05) is 13.2 Å². The summed E-state index contributed by atoms with van der Waals surface area (Å²) in [6, 6.07) is 2.34. The number of aliphatic hydroxyl groups is 10. The topological polar surface area (TPSA) is 376 Å². The highest BCUT2D eigenvalue weighted by Gasteiger charge is 2.68. The summed E-state index contributed by atoms with van der Waals surface area (Å²) in [4.78, 5) is 27.0. The van der Waals surface area contributed by atoms with Crippen molar-refractivity contribution < 1.29 is 101 Å². The Morgan fingerprint density at radius 2 is 0.843 bits per heavy atom. The number of unbranched alkanes of at least 4 members (excludes halogenated alkanes) is 2. The number of hydrogen-bond acceptors (Lipinski definition) is 20. The van der Waals surface area contributed by atoms with Crippen LogP contribution in [0.4, 0.5) is 0 Å². The number of hydrogen-bond donors (Lipinski definition) is 16. The van der Waals surface area contributed by atoms with E-state index < -0.39 is 143 Å². The van der Waals surface area contributed by atoms with Crippen molar-refractivity contribution in [1.82, 2.24) is 0 Å². The summed E-state index contributed by atoms with van der Waals surface area (Å²) in [5.41, 5.74) is -7.72. The Kier molecular flexibility index (Phi) is 11.1. The van der Waals surface area contributed by atoms with Crippen LogP contribution in [0.15, 0.2) is 24.3 Å². The van der Waals surface area contributed by atoms with E-state index in [2.05, 4.69) is 0 Å². The van der Waals surface area contributed by atoms with Gasteiger partial charge >= 0.3 is 0 Å². The Labute approximate surface area is 287 Å². The van der Waals surface area contributed by atoms with E-state index in [1.807, 2.05) is 0 Å². The molecule has 2 fully saturated rings. The van der Waals surface area contributed by atoms with Gasteiger partial charge in [0, 0.05) is 11.1 Å². The molecule has 2 aliphatic heterocycles. The van der Waals surface area contributed by atoms with Gasteiger partial charge in [-0.25, -0.2) is 0 Å². The third-order valence-electron chi connectivity index (χ3n) is 9.46. The van der Waals surface area contributed by atoms with Crippen LogP contribution < -0.4 is 0 Å². The Morgan fingerprint density at radius 3 is 1.12 bits per heavy atom. The molecule has 2 heterocycles. The van der Waals surface area contributed by atoms with Crippen LogP contribution in [-0.2, 0) is 9.47 Å². The van der Waals surface area contributed by atoms with E-state index in [1.165, 1.54) is 0 Å². The van der Waals surface area contributed by atoms with Gasteiger partial charge in [-0.15, -0.1) is 0 Å². The minimum atomic E-state index is -3.49. The second kappa shape index (κ2) is 14.3. The van der Waals surface area contributed by atoms with E-state index in [0.717, 1.165) is 0 Å². The van der Waals surface area contributed by atoms with Gasteiger partial charge in [0.15, 0.2) is 45.7 Å². The van der Waals surface area contributed by atoms with E-state index in [4.69, 9.17) is 9.47 Å². The van der Waals surface area contributed by atoms with Gasteiger partial charge in [0.25, 0.3) is 11.6 Å². The summed E-state index contributed by atoms with van der Waals surface area (Å²) in [5, 5.41) is 167. The number of rotatable bonds is 12. The van der Waals surface area contributed by atoms with E-state index in [1.54, 1.807) is 0 Å². The first-order valence-electron chi connectivity index (χ1n) is 15.4. The number of ether oxygens (including phenoxy) is 2. The molecule has 2 saturated heterocycles. The van der Waals surface area contributed by atoms with Gasteiger partial charge in [-0.05, 0) is 37.1 Å². The van der Waals surface area contributed by atoms with Crippen molar-refractivity contribution in [2.45, 2.75) is 91.5 Å². The van der Waals surface area contributed by atoms with Crippen molar-refractivity contribution in [3.05, 3.63) is 35.4 Å². The summed E-state index contributed by atoms with van der Waals surface area (Å²) in [5.74, 6) is -16.4. The second-order valence-electron chi connectivity index (χ2n) is 12.6. The number of phenolic OH excluding ortho intramolecular Hbond substituents is 6. The molecule has 2 aliphatic rings. The van der Waals surface area contributed by atoms with Crippen LogP contribution in [0.25, 0.3) is 0 Å². The fraction of sp³-hybridized carbons (Fsp3) is 0.548. The van der Waals surface area contributed by atoms with Crippen LogP contribution in [-0.4, -0.2) is 166 Å². The molecule has 0 saturated carbocycles. The van der Waals surface area contributed by atoms with Gasteiger partial charge in [-0.2, -0.15) is 0 Å². The molecule has 0 amide bonds. The number of Topliss-reactive ketones (excluding diaryl/α,β-unsaturated/α-hetero) is 2. The van der Waals surface area contributed by atoms with Crippen LogP contribution in [0.2, 0.25) is 0 Å². The number of aliphatic hydroxyl groups excluding tert-OH is 6. The Bertz CT molecular complexity index is 1470. The molecule has 20 heteroatoms. The smallest absolute Gasteiger partial charge is 0.264 e. The quantitative estimate of drug-likeness (QED) is 0.0561. The molecule has 4 rings (SSSR count). The zero-order valence-electron chi connectivity index (χ0n) is 26.5. The zero-order chi connectivity index (χ0) is 38.4. The highest BCUT2D eigenvalue weighted by atomic mass is 16.7. The Balaban J connectivity index is 1.59. The lowest BCUT2D eigenvalue weighted by Gasteiger charge is -2.52. The predicted octanol–water partition coefficient (Wildman–Crippen LogP) is -4.00. The lowest BCUT2D eigenvalue weighted by Crippen LogP contribution is -2.75. The Hall–Kier alpha value is -3.90. The first-order chi connectivity index (χ1) is 23.6. The molecule has 0 aliphatic carbocycles. The molecule has 0 bridgehead atoms. The largest absolute Gasteiger partial charge is 0.504 e. The first-order valence-corrected chi connectivity index (χ1v) is 15.4. The average molecular weight is 733 g/mol. The van der Waals surface area contributed by atoms with Crippen molar-refractivity contribution in [1.29, 1.82) is 0 Å². The van der Waals surface area contributed by atoms with Crippen molar-refractivity contribution >= 4 is 11.6 Å². The monoisotopic (exact) mass is 732 g/mol. The third-order valence-corrected chi connectivity index (χ3v) is 9.46. The van der Waals surface area contributed by atoms with Crippen LogP contribution in [0, 0.1) is 0 Å². The Morgan fingerprint density at radius 1 is 0.549 bits per heavy atom. The second-order valence-corrected chi connectivity index (χ2v) is 12.6. The lowest BCUT2D eigenvalue weighted by molar-refractivity contribution is -0.366. The SMILES string of the molecule is O=C(c1cc(O)c(O)c(O)c1)[C@@]1(O)O[C@H](CO)[C@@H](O)[C@H](O)[C@]1(O)CCCCC[C@@]1(O)[C@@H](O)[C@H](O)[C@@H](CO)O[C@]1(O)C(=O)c1cc(O)c(O)c(O)c1. The highest BCUT2D eigenvalue weighted by Crippen LogP contribution is 2.46. The minimum Gasteiger partial charge on any atom is -0.504 e. The molecule has 2 aromatic carbocycles. The van der Waals surface area contributed by atoms with E-state index in [-0.39, 0.29) is 19.3 Å². The zero-order valence-corrected chi connectivity index (χ0v) is 26.5. The maximum Gasteiger partial charge on any atom is 0.264 e. The molecule has 0 spiro atoms. The molecule has 284 valence electrons. The molecule has 0 unspecified atom stereocenters. The maximum atomic E-state index is 13.5. The summed E-state index contributed by atoms with van der Waals surface area (Å²) in [6.45, 7) is -2.15. The average Bonchev–Trinajstić information content (AvgIpc) is 3.09. The van der Waals surface area contributed by atoms with Crippen molar-refractivity contribution in [3.63, 3.8) is 0 Å². The summed E-state index contributed by atoms with van der Waals surface area (Å²) >= 11 is 0. The number of ketones is 2. The molecular formula is C31H40O20. The summed E-state index contributed by atoms with van der Waals surface area (Å²) in [7, 11) is 0. The van der Waals surface area contributed by atoms with Gasteiger partial charge in [-0.1, -0.05) is 19.3 Å². The molecule has 0 radical (unpaired) electrons. The first kappa shape index (κ1) is 39.9. The van der Waals surface area contributed by atoms with Crippen LogP contribution >= 0.6 is 0 Å². The normalized spacial score (nSPS) is 35.4. The molecule has 16 N–H and O–H groups in total. The minimum absolute atomic E-state index is 0.223. The fourth-order valence-corrected chi connectivity index (χ4v) is 6.41. The van der Waals surface area contributed by atoms with Gasteiger partial charge in [0.1, 0.15) is 36.6 Å². The van der Waals surface area contributed by atoms with Gasteiger partial charge in [-0.3, -0.25) is 9.59 Å². The van der Waals surface area contributed by atoms with Crippen molar-refractivity contribution in [3.8, 4) is 34.5 Å².